The van der Waals surface area contributed by atoms with Crippen LogP contribution in [-0.2, 0) is 0 Å². The van der Waals surface area contributed by atoms with Crippen molar-refractivity contribution in [1.82, 2.24) is 20.0 Å². The lowest BCUT2D eigenvalue weighted by molar-refractivity contribution is 0.0951. The average molecular weight is 371 g/mol. The number of halogens is 1. The van der Waals surface area contributed by atoms with E-state index in [1.54, 1.807) is 11.6 Å². The summed E-state index contributed by atoms with van der Waals surface area (Å²) < 4.78 is 1.41. The predicted octanol–water partition coefficient (Wildman–Crippen LogP) is 2.22. The van der Waals surface area contributed by atoms with Gasteiger partial charge in [-0.2, -0.15) is 0 Å². The third-order valence-electron chi connectivity index (χ3n) is 4.29. The SMILES string of the molecule is Cl.O=C(NCCNC1CCCCCC1)c1cnc2sccn2c1=O. The van der Waals surface area contributed by atoms with E-state index in [1.165, 1.54) is 60.5 Å². The van der Waals surface area contributed by atoms with Gasteiger partial charge in [-0.25, -0.2) is 4.98 Å². The molecule has 0 aromatic carbocycles. The second kappa shape index (κ2) is 9.15. The summed E-state index contributed by atoms with van der Waals surface area (Å²) in [5, 5.41) is 8.08. The van der Waals surface area contributed by atoms with Crippen molar-refractivity contribution in [3.8, 4) is 0 Å². The summed E-state index contributed by atoms with van der Waals surface area (Å²) in [5.74, 6) is -0.356. The highest BCUT2D eigenvalue weighted by Gasteiger charge is 2.14. The molecule has 0 aliphatic heterocycles. The standard InChI is InChI=1S/C16H22N4O2S.ClH/c21-14(13-11-19-16-20(15(13)22)9-10-23-16)18-8-7-17-12-5-3-1-2-4-6-12;/h9-12,17H,1-8H2,(H,18,21);1H. The van der Waals surface area contributed by atoms with Crippen molar-refractivity contribution in [3.05, 3.63) is 33.7 Å². The maximum absolute atomic E-state index is 12.2. The third kappa shape index (κ3) is 4.55. The lowest BCUT2D eigenvalue weighted by Crippen LogP contribution is -2.38. The molecule has 24 heavy (non-hydrogen) atoms. The topological polar surface area (TPSA) is 75.5 Å². The molecule has 0 atom stereocenters. The van der Waals surface area contributed by atoms with E-state index in [0.29, 0.717) is 17.5 Å². The molecule has 2 aromatic rings. The molecule has 2 heterocycles. The summed E-state index contributed by atoms with van der Waals surface area (Å²) in [6, 6.07) is 0.559. The fraction of sp³-hybridized carbons (Fsp3) is 0.562. The highest BCUT2D eigenvalue weighted by Crippen LogP contribution is 2.16. The van der Waals surface area contributed by atoms with Crippen LogP contribution < -0.4 is 16.2 Å². The molecule has 0 radical (unpaired) electrons. The molecule has 3 rings (SSSR count). The van der Waals surface area contributed by atoms with E-state index < -0.39 is 0 Å². The Labute approximate surface area is 151 Å². The molecule has 1 amide bonds. The number of nitrogens with one attached hydrogen (secondary N) is 2. The van der Waals surface area contributed by atoms with Gasteiger partial charge in [0.1, 0.15) is 5.56 Å². The molecule has 1 aliphatic carbocycles. The second-order valence-corrected chi connectivity index (χ2v) is 6.80. The fourth-order valence-corrected chi connectivity index (χ4v) is 3.69. The van der Waals surface area contributed by atoms with Crippen molar-refractivity contribution in [1.29, 1.82) is 0 Å². The Morgan fingerprint density at radius 2 is 2.00 bits per heavy atom. The van der Waals surface area contributed by atoms with E-state index in [4.69, 9.17) is 0 Å². The molecule has 0 bridgehead atoms. The molecule has 8 heteroatoms. The lowest BCUT2D eigenvalue weighted by atomic mass is 10.1. The van der Waals surface area contributed by atoms with Crippen LogP contribution in [0.2, 0.25) is 0 Å². The minimum absolute atomic E-state index is 0. The molecule has 2 N–H and O–H groups in total. The maximum atomic E-state index is 12.2. The summed E-state index contributed by atoms with van der Waals surface area (Å²) in [5.41, 5.74) is -0.221. The Bertz CT molecular complexity index is 722. The van der Waals surface area contributed by atoms with Crippen molar-refractivity contribution < 1.29 is 4.79 Å². The summed E-state index contributed by atoms with van der Waals surface area (Å²) in [4.78, 5) is 29.1. The van der Waals surface area contributed by atoms with Crippen LogP contribution in [0.5, 0.6) is 0 Å². The summed E-state index contributed by atoms with van der Waals surface area (Å²) >= 11 is 1.37. The Morgan fingerprint density at radius 1 is 1.25 bits per heavy atom. The minimum atomic E-state index is -0.356. The smallest absolute Gasteiger partial charge is 0.271 e. The highest BCUT2D eigenvalue weighted by molar-refractivity contribution is 7.15. The maximum Gasteiger partial charge on any atom is 0.271 e. The van der Waals surface area contributed by atoms with Gasteiger partial charge in [0.2, 0.25) is 0 Å². The van der Waals surface area contributed by atoms with Crippen molar-refractivity contribution in [2.45, 2.75) is 44.6 Å². The van der Waals surface area contributed by atoms with Gasteiger partial charge < -0.3 is 10.6 Å². The first-order valence-electron chi connectivity index (χ1n) is 8.22. The quantitative estimate of drug-likeness (QED) is 0.625. The Kier molecular flexibility index (Phi) is 7.20. The number of hydrogen-bond donors (Lipinski definition) is 2. The molecular weight excluding hydrogens is 348 g/mol. The van der Waals surface area contributed by atoms with Crippen LogP contribution in [0.15, 0.2) is 22.6 Å². The number of rotatable bonds is 5. The fourth-order valence-electron chi connectivity index (χ4n) is 3.01. The number of thiazole rings is 1. The van der Waals surface area contributed by atoms with E-state index in [-0.39, 0.29) is 29.4 Å². The summed E-state index contributed by atoms with van der Waals surface area (Å²) in [7, 11) is 0. The van der Waals surface area contributed by atoms with Gasteiger partial charge in [-0.3, -0.25) is 14.0 Å². The molecular formula is C16H23ClN4O2S. The molecule has 2 aromatic heterocycles. The summed E-state index contributed by atoms with van der Waals surface area (Å²) in [6.45, 7) is 1.24. The van der Waals surface area contributed by atoms with Gasteiger partial charge in [-0.15, -0.1) is 23.7 Å². The van der Waals surface area contributed by atoms with Crippen LogP contribution in [0, 0.1) is 0 Å². The molecule has 1 aliphatic rings. The van der Waals surface area contributed by atoms with Crippen LogP contribution in [0.3, 0.4) is 0 Å². The van der Waals surface area contributed by atoms with Crippen LogP contribution >= 0.6 is 23.7 Å². The highest BCUT2D eigenvalue weighted by atomic mass is 35.5. The van der Waals surface area contributed by atoms with Gasteiger partial charge in [-0.1, -0.05) is 25.7 Å². The molecule has 0 unspecified atom stereocenters. The normalized spacial score (nSPS) is 15.7. The number of carbonyl (C=O) groups is 1. The van der Waals surface area contributed by atoms with Crippen molar-refractivity contribution in [2.24, 2.45) is 0 Å². The predicted molar refractivity (Wildman–Crippen MR) is 98.4 cm³/mol. The Hall–Kier alpha value is -1.44. The zero-order chi connectivity index (χ0) is 16.1. The van der Waals surface area contributed by atoms with E-state index >= 15 is 0 Å². The van der Waals surface area contributed by atoms with E-state index in [1.807, 2.05) is 0 Å². The van der Waals surface area contributed by atoms with Gasteiger partial charge in [0, 0.05) is 36.9 Å². The van der Waals surface area contributed by atoms with Crippen molar-refractivity contribution >= 4 is 34.6 Å². The zero-order valence-electron chi connectivity index (χ0n) is 13.5. The molecule has 0 spiro atoms. The monoisotopic (exact) mass is 370 g/mol. The average Bonchev–Trinajstić information content (AvgIpc) is 2.89. The Balaban J connectivity index is 0.00000208. The number of carbonyl (C=O) groups excluding carboxylic acids is 1. The van der Waals surface area contributed by atoms with Gasteiger partial charge in [0.25, 0.3) is 11.5 Å². The lowest BCUT2D eigenvalue weighted by Gasteiger charge is -2.16. The first-order valence-corrected chi connectivity index (χ1v) is 9.10. The van der Waals surface area contributed by atoms with Gasteiger partial charge in [0.05, 0.1) is 0 Å². The largest absolute Gasteiger partial charge is 0.351 e. The van der Waals surface area contributed by atoms with Gasteiger partial charge in [0.15, 0.2) is 4.96 Å². The van der Waals surface area contributed by atoms with Gasteiger partial charge >= 0.3 is 0 Å². The first kappa shape index (κ1) is 18.9. The molecule has 1 saturated carbocycles. The second-order valence-electron chi connectivity index (χ2n) is 5.93. The van der Waals surface area contributed by atoms with E-state index in [2.05, 4.69) is 15.6 Å². The zero-order valence-corrected chi connectivity index (χ0v) is 15.1. The number of nitrogens with zero attached hydrogens (tertiary/aromatic N) is 2. The number of fused-ring (bicyclic) bond motifs is 1. The van der Waals surface area contributed by atoms with Crippen molar-refractivity contribution in [2.75, 3.05) is 13.1 Å². The molecule has 0 saturated heterocycles. The van der Waals surface area contributed by atoms with Crippen molar-refractivity contribution in [3.63, 3.8) is 0 Å². The van der Waals surface area contributed by atoms with E-state index in [9.17, 15) is 9.59 Å². The van der Waals surface area contributed by atoms with Crippen LogP contribution in [0.4, 0.5) is 0 Å². The van der Waals surface area contributed by atoms with Crippen LogP contribution in [-0.4, -0.2) is 34.4 Å². The molecule has 132 valence electrons. The molecule has 6 nitrogen and oxygen atoms in total. The molecule has 1 fully saturated rings. The van der Waals surface area contributed by atoms with Crippen LogP contribution in [0.1, 0.15) is 48.9 Å². The minimum Gasteiger partial charge on any atom is -0.351 e. The van der Waals surface area contributed by atoms with Crippen LogP contribution in [0.25, 0.3) is 4.96 Å². The third-order valence-corrected chi connectivity index (χ3v) is 5.06. The van der Waals surface area contributed by atoms with E-state index in [0.717, 1.165) is 6.54 Å². The number of hydrogen-bond acceptors (Lipinski definition) is 5. The number of aromatic nitrogens is 2. The number of amides is 1. The first-order chi connectivity index (χ1) is 11.3. The van der Waals surface area contributed by atoms with Gasteiger partial charge in [-0.05, 0) is 12.8 Å². The summed E-state index contributed by atoms with van der Waals surface area (Å²) in [6.07, 6.45) is 10.7. The Morgan fingerprint density at radius 3 is 2.75 bits per heavy atom.